The molecule has 3 rings (SSSR count). The van der Waals surface area contributed by atoms with Crippen LogP contribution < -0.4 is 5.32 Å². The summed E-state index contributed by atoms with van der Waals surface area (Å²) >= 11 is 0. The van der Waals surface area contributed by atoms with Crippen molar-refractivity contribution < 1.29 is 14.3 Å². The fraction of sp³-hybridized carbons (Fsp3) is 0.579. The van der Waals surface area contributed by atoms with Crippen LogP contribution in [0.4, 0.5) is 10.5 Å². The Hall–Kier alpha value is -2.08. The molecule has 0 aromatic heterocycles. The molecule has 0 spiro atoms. The fourth-order valence-corrected chi connectivity index (χ4v) is 3.54. The van der Waals surface area contributed by atoms with Gasteiger partial charge in [-0.2, -0.15) is 0 Å². The molecule has 0 bridgehead atoms. The van der Waals surface area contributed by atoms with Gasteiger partial charge in [-0.1, -0.05) is 12.1 Å². The second-order valence-electron chi connectivity index (χ2n) is 7.07. The minimum absolute atomic E-state index is 0.0472. The van der Waals surface area contributed by atoms with Gasteiger partial charge in [0.05, 0.1) is 12.2 Å². The number of amides is 3. The molecule has 3 amide bonds. The molecule has 2 aliphatic rings. The quantitative estimate of drug-likeness (QED) is 0.916. The number of anilines is 1. The van der Waals surface area contributed by atoms with Gasteiger partial charge in [0.1, 0.15) is 0 Å². The van der Waals surface area contributed by atoms with Crippen LogP contribution in [0.25, 0.3) is 0 Å². The first-order valence-electron chi connectivity index (χ1n) is 9.09. The molecule has 2 atom stereocenters. The number of carbonyl (C=O) groups excluding carboxylic acids is 2. The summed E-state index contributed by atoms with van der Waals surface area (Å²) in [6, 6.07) is 7.65. The molecule has 2 fully saturated rings. The lowest BCUT2D eigenvalue weighted by molar-refractivity contribution is -0.133. The fourth-order valence-electron chi connectivity index (χ4n) is 3.54. The Morgan fingerprint density at radius 3 is 2.72 bits per heavy atom. The molecule has 0 aliphatic carbocycles. The van der Waals surface area contributed by atoms with E-state index in [1.165, 1.54) is 0 Å². The average Bonchev–Trinajstić information content (AvgIpc) is 2.56. The third kappa shape index (κ3) is 4.72. The van der Waals surface area contributed by atoms with E-state index in [0.29, 0.717) is 26.1 Å². The number of likely N-dealkylation sites (tertiary alicyclic amines) is 1. The summed E-state index contributed by atoms with van der Waals surface area (Å²) in [5.74, 6) is 0.219. The van der Waals surface area contributed by atoms with Gasteiger partial charge in [-0.3, -0.25) is 4.79 Å². The van der Waals surface area contributed by atoms with E-state index in [4.69, 9.17) is 4.74 Å². The topological polar surface area (TPSA) is 61.9 Å². The van der Waals surface area contributed by atoms with Crippen LogP contribution in [-0.4, -0.2) is 53.6 Å². The van der Waals surface area contributed by atoms with E-state index in [2.05, 4.69) is 5.32 Å². The number of nitrogens with one attached hydrogen (secondary N) is 1. The van der Waals surface area contributed by atoms with Crippen LogP contribution in [-0.2, 0) is 16.1 Å². The molecule has 1 aromatic carbocycles. The van der Waals surface area contributed by atoms with Gasteiger partial charge in [-0.25, -0.2) is 4.79 Å². The van der Waals surface area contributed by atoms with E-state index in [1.54, 1.807) is 4.90 Å². The lowest BCUT2D eigenvalue weighted by Gasteiger charge is -2.35. The Morgan fingerprint density at radius 2 is 2.00 bits per heavy atom. The number of ether oxygens (including phenoxy) is 1. The highest BCUT2D eigenvalue weighted by molar-refractivity contribution is 5.89. The van der Waals surface area contributed by atoms with E-state index in [-0.39, 0.29) is 24.1 Å². The lowest BCUT2D eigenvalue weighted by atomic mass is 10.1. The number of benzene rings is 1. The van der Waals surface area contributed by atoms with Crippen molar-refractivity contribution in [1.29, 1.82) is 0 Å². The summed E-state index contributed by atoms with van der Waals surface area (Å²) < 4.78 is 5.67. The van der Waals surface area contributed by atoms with E-state index >= 15 is 0 Å². The zero-order valence-corrected chi connectivity index (χ0v) is 15.0. The molecule has 1 aromatic rings. The zero-order valence-electron chi connectivity index (χ0n) is 15.0. The summed E-state index contributed by atoms with van der Waals surface area (Å²) in [5.41, 5.74) is 1.80. The molecule has 6 heteroatoms. The monoisotopic (exact) mass is 345 g/mol. The molecule has 2 saturated heterocycles. The molecule has 6 nitrogen and oxygen atoms in total. The SMILES string of the molecule is C[C@@H]1CN(C(=O)Nc2cccc(CN3CCCCC3=O)c2)C[C@@H](C)O1. The maximum atomic E-state index is 12.5. The number of urea groups is 1. The summed E-state index contributed by atoms with van der Waals surface area (Å²) in [6.07, 6.45) is 2.79. The van der Waals surface area contributed by atoms with Crippen molar-refractivity contribution in [2.24, 2.45) is 0 Å². The largest absolute Gasteiger partial charge is 0.372 e. The summed E-state index contributed by atoms with van der Waals surface area (Å²) in [5, 5.41) is 2.97. The van der Waals surface area contributed by atoms with E-state index in [0.717, 1.165) is 30.6 Å². The van der Waals surface area contributed by atoms with Crippen LogP contribution >= 0.6 is 0 Å². The second-order valence-corrected chi connectivity index (χ2v) is 7.07. The lowest BCUT2D eigenvalue weighted by Crippen LogP contribution is -2.49. The summed E-state index contributed by atoms with van der Waals surface area (Å²) in [7, 11) is 0. The number of morpholine rings is 1. The second kappa shape index (κ2) is 7.87. The number of rotatable bonds is 3. The molecule has 1 N–H and O–H groups in total. The van der Waals surface area contributed by atoms with E-state index < -0.39 is 0 Å². The van der Waals surface area contributed by atoms with Gasteiger partial charge in [0.25, 0.3) is 0 Å². The van der Waals surface area contributed by atoms with Crippen LogP contribution in [0.2, 0.25) is 0 Å². The third-order valence-electron chi connectivity index (χ3n) is 4.68. The molecule has 2 heterocycles. The highest BCUT2D eigenvalue weighted by Crippen LogP contribution is 2.18. The minimum Gasteiger partial charge on any atom is -0.372 e. The summed E-state index contributed by atoms with van der Waals surface area (Å²) in [4.78, 5) is 28.2. The van der Waals surface area contributed by atoms with Crippen LogP contribution in [0.5, 0.6) is 0 Å². The molecule has 136 valence electrons. The summed E-state index contributed by atoms with van der Waals surface area (Å²) in [6.45, 7) is 6.57. The zero-order chi connectivity index (χ0) is 17.8. The number of carbonyl (C=O) groups is 2. The van der Waals surface area contributed by atoms with Gasteiger partial charge in [0.15, 0.2) is 0 Å². The molecule has 0 unspecified atom stereocenters. The molecule has 25 heavy (non-hydrogen) atoms. The van der Waals surface area contributed by atoms with Gasteiger partial charge in [-0.05, 0) is 44.4 Å². The van der Waals surface area contributed by atoms with E-state index in [1.807, 2.05) is 43.0 Å². The van der Waals surface area contributed by atoms with Gasteiger partial charge in [0, 0.05) is 38.3 Å². The molecule has 2 aliphatic heterocycles. The Bertz CT molecular complexity index is 624. The highest BCUT2D eigenvalue weighted by atomic mass is 16.5. The Kier molecular flexibility index (Phi) is 5.58. The predicted octanol–water partition coefficient (Wildman–Crippen LogP) is 2.84. The first-order chi connectivity index (χ1) is 12.0. The van der Waals surface area contributed by atoms with Crippen molar-refractivity contribution in [3.8, 4) is 0 Å². The highest BCUT2D eigenvalue weighted by Gasteiger charge is 2.26. The van der Waals surface area contributed by atoms with Crippen molar-refractivity contribution in [2.45, 2.75) is 51.9 Å². The van der Waals surface area contributed by atoms with Crippen LogP contribution in [0.1, 0.15) is 38.7 Å². The van der Waals surface area contributed by atoms with Crippen molar-refractivity contribution >= 4 is 17.6 Å². The maximum Gasteiger partial charge on any atom is 0.322 e. The smallest absolute Gasteiger partial charge is 0.322 e. The third-order valence-corrected chi connectivity index (χ3v) is 4.68. The number of hydrogen-bond acceptors (Lipinski definition) is 3. The maximum absolute atomic E-state index is 12.5. The van der Waals surface area contributed by atoms with Crippen LogP contribution in [0.15, 0.2) is 24.3 Å². The van der Waals surface area contributed by atoms with Crippen molar-refractivity contribution in [3.05, 3.63) is 29.8 Å². The molecular formula is C19H27N3O3. The first kappa shape index (κ1) is 17.7. The molecular weight excluding hydrogens is 318 g/mol. The van der Waals surface area contributed by atoms with Crippen molar-refractivity contribution in [1.82, 2.24) is 9.80 Å². The van der Waals surface area contributed by atoms with Crippen LogP contribution in [0, 0.1) is 0 Å². The normalized spacial score (nSPS) is 24.3. The van der Waals surface area contributed by atoms with Gasteiger partial charge < -0.3 is 19.9 Å². The Morgan fingerprint density at radius 1 is 1.24 bits per heavy atom. The Balaban J connectivity index is 1.61. The molecule has 0 saturated carbocycles. The Labute approximate surface area is 149 Å². The number of piperidine rings is 1. The first-order valence-corrected chi connectivity index (χ1v) is 9.09. The minimum atomic E-state index is -0.104. The average molecular weight is 345 g/mol. The number of hydrogen-bond donors (Lipinski definition) is 1. The predicted molar refractivity (Wildman–Crippen MR) is 96.3 cm³/mol. The molecule has 0 radical (unpaired) electrons. The van der Waals surface area contributed by atoms with Crippen molar-refractivity contribution in [3.63, 3.8) is 0 Å². The van der Waals surface area contributed by atoms with Gasteiger partial charge in [0.2, 0.25) is 5.91 Å². The van der Waals surface area contributed by atoms with Crippen LogP contribution in [0.3, 0.4) is 0 Å². The van der Waals surface area contributed by atoms with Gasteiger partial charge in [-0.15, -0.1) is 0 Å². The van der Waals surface area contributed by atoms with Gasteiger partial charge >= 0.3 is 6.03 Å². The standard InChI is InChI=1S/C19H27N3O3/c1-14-11-22(12-15(2)25-14)19(24)20-17-7-5-6-16(10-17)13-21-9-4-3-8-18(21)23/h5-7,10,14-15H,3-4,8-9,11-13H2,1-2H3,(H,20,24)/t14-,15-/m1/s1. The van der Waals surface area contributed by atoms with Crippen molar-refractivity contribution in [2.75, 3.05) is 25.0 Å². The number of nitrogens with zero attached hydrogens (tertiary/aromatic N) is 2. The van der Waals surface area contributed by atoms with E-state index in [9.17, 15) is 9.59 Å².